The minimum atomic E-state index is -0.345. The molecule has 0 spiro atoms. The summed E-state index contributed by atoms with van der Waals surface area (Å²) in [4.78, 5) is 16.4. The zero-order valence-corrected chi connectivity index (χ0v) is 15.2. The molecular formula is C20H18N6O2. The zero-order chi connectivity index (χ0) is 19.3. The summed E-state index contributed by atoms with van der Waals surface area (Å²) in [6, 6.07) is 14.8. The molecular weight excluding hydrogens is 356 g/mol. The van der Waals surface area contributed by atoms with E-state index in [0.717, 1.165) is 22.6 Å². The van der Waals surface area contributed by atoms with Gasteiger partial charge in [-0.25, -0.2) is 4.68 Å². The molecule has 3 aromatic heterocycles. The average molecular weight is 374 g/mol. The Hall–Kier alpha value is -3.94. The maximum absolute atomic E-state index is 12.4. The van der Waals surface area contributed by atoms with Crippen LogP contribution < -0.4 is 10.1 Å². The predicted molar refractivity (Wildman–Crippen MR) is 104 cm³/mol. The van der Waals surface area contributed by atoms with E-state index in [2.05, 4.69) is 25.6 Å². The van der Waals surface area contributed by atoms with Crippen LogP contribution in [0.25, 0.3) is 11.3 Å². The van der Waals surface area contributed by atoms with E-state index >= 15 is 0 Å². The fourth-order valence-electron chi connectivity index (χ4n) is 2.65. The zero-order valence-electron chi connectivity index (χ0n) is 15.2. The number of hydrogen-bond acceptors (Lipinski definition) is 5. The van der Waals surface area contributed by atoms with Gasteiger partial charge in [0.15, 0.2) is 18.2 Å². The van der Waals surface area contributed by atoms with Gasteiger partial charge in [0.2, 0.25) is 0 Å². The minimum Gasteiger partial charge on any atom is -0.471 e. The molecule has 0 aliphatic rings. The Balaban J connectivity index is 1.38. The van der Waals surface area contributed by atoms with Crippen molar-refractivity contribution in [3.05, 3.63) is 78.4 Å². The lowest BCUT2D eigenvalue weighted by molar-refractivity contribution is 0.102. The number of amides is 1. The lowest BCUT2D eigenvalue weighted by Crippen LogP contribution is -2.14. The van der Waals surface area contributed by atoms with Crippen molar-refractivity contribution in [2.45, 2.75) is 13.7 Å². The lowest BCUT2D eigenvalue weighted by Gasteiger charge is -2.08. The fourth-order valence-corrected chi connectivity index (χ4v) is 2.65. The number of carbonyl (C=O) groups is 1. The molecule has 8 heteroatoms. The molecule has 4 aromatic rings. The van der Waals surface area contributed by atoms with Gasteiger partial charge in [-0.15, -0.1) is 0 Å². The third-order valence-corrected chi connectivity index (χ3v) is 4.13. The summed E-state index contributed by atoms with van der Waals surface area (Å²) in [6.07, 6.45) is 5.08. The SMILES string of the molecule is Cc1ccccc1OCn1ccc(C(=O)Nc2cc(-c3ccncc3)[nH]n2)n1. The van der Waals surface area contributed by atoms with E-state index in [9.17, 15) is 4.79 Å². The topological polar surface area (TPSA) is 97.7 Å². The predicted octanol–water partition coefficient (Wildman–Crippen LogP) is 3.27. The maximum Gasteiger partial charge on any atom is 0.277 e. The quantitative estimate of drug-likeness (QED) is 0.540. The Morgan fingerprint density at radius 2 is 2.00 bits per heavy atom. The minimum absolute atomic E-state index is 0.215. The monoisotopic (exact) mass is 374 g/mol. The lowest BCUT2D eigenvalue weighted by atomic mass is 10.2. The molecule has 28 heavy (non-hydrogen) atoms. The molecule has 4 rings (SSSR count). The van der Waals surface area contributed by atoms with Crippen LogP contribution in [0, 0.1) is 6.92 Å². The highest BCUT2D eigenvalue weighted by atomic mass is 16.5. The molecule has 0 fully saturated rings. The Kier molecular flexibility index (Phi) is 4.83. The standard InChI is InChI=1S/C20H18N6O2/c1-14-4-2-3-5-18(14)28-13-26-11-8-16(25-26)20(27)22-19-12-17(23-24-19)15-6-9-21-10-7-15/h2-12H,13H2,1H3,(H2,22,23,24,27). The summed E-state index contributed by atoms with van der Waals surface area (Å²) in [5.74, 6) is 0.856. The number of H-pyrrole nitrogens is 1. The number of para-hydroxylation sites is 1. The van der Waals surface area contributed by atoms with Crippen molar-refractivity contribution in [3.63, 3.8) is 0 Å². The second-order valence-electron chi connectivity index (χ2n) is 6.14. The molecule has 0 saturated carbocycles. The highest BCUT2D eigenvalue weighted by Crippen LogP contribution is 2.19. The van der Waals surface area contributed by atoms with Crippen LogP contribution in [0.5, 0.6) is 5.75 Å². The molecule has 0 aliphatic heterocycles. The normalized spacial score (nSPS) is 10.6. The number of nitrogens with one attached hydrogen (secondary N) is 2. The van der Waals surface area contributed by atoms with E-state index in [1.54, 1.807) is 35.4 Å². The number of hydrogen-bond donors (Lipinski definition) is 2. The summed E-state index contributed by atoms with van der Waals surface area (Å²) in [5.41, 5.74) is 3.04. The largest absolute Gasteiger partial charge is 0.471 e. The van der Waals surface area contributed by atoms with E-state index in [1.165, 1.54) is 0 Å². The molecule has 2 N–H and O–H groups in total. The van der Waals surface area contributed by atoms with Crippen molar-refractivity contribution in [1.82, 2.24) is 25.0 Å². The number of benzene rings is 1. The first-order chi connectivity index (χ1) is 13.7. The molecule has 0 saturated heterocycles. The first-order valence-electron chi connectivity index (χ1n) is 8.68. The number of aryl methyl sites for hydroxylation is 1. The molecule has 1 amide bonds. The van der Waals surface area contributed by atoms with Crippen molar-refractivity contribution in [1.29, 1.82) is 0 Å². The van der Waals surface area contributed by atoms with Gasteiger partial charge >= 0.3 is 0 Å². The second kappa shape index (κ2) is 7.75. The molecule has 0 unspecified atom stereocenters. The maximum atomic E-state index is 12.4. The molecule has 0 aliphatic carbocycles. The molecule has 3 heterocycles. The van der Waals surface area contributed by atoms with Crippen molar-refractivity contribution in [3.8, 4) is 17.0 Å². The van der Waals surface area contributed by atoms with Gasteiger partial charge in [0.1, 0.15) is 5.75 Å². The number of carbonyl (C=O) groups excluding carboxylic acids is 1. The summed E-state index contributed by atoms with van der Waals surface area (Å²) in [7, 11) is 0. The Bertz CT molecular complexity index is 1090. The van der Waals surface area contributed by atoms with Crippen molar-refractivity contribution in [2.75, 3.05) is 5.32 Å². The molecule has 1 aromatic carbocycles. The van der Waals surface area contributed by atoms with Crippen LogP contribution in [0.3, 0.4) is 0 Å². The summed E-state index contributed by atoms with van der Waals surface area (Å²) in [5, 5.41) is 14.0. The van der Waals surface area contributed by atoms with Crippen LogP contribution in [0.1, 0.15) is 16.1 Å². The van der Waals surface area contributed by atoms with Crippen LogP contribution in [-0.4, -0.2) is 30.9 Å². The van der Waals surface area contributed by atoms with Gasteiger partial charge in [0, 0.05) is 30.2 Å². The third kappa shape index (κ3) is 3.90. The average Bonchev–Trinajstić information content (AvgIpc) is 3.38. The Morgan fingerprint density at radius 3 is 2.82 bits per heavy atom. The van der Waals surface area contributed by atoms with Crippen molar-refractivity contribution in [2.24, 2.45) is 0 Å². The summed E-state index contributed by atoms with van der Waals surface area (Å²) < 4.78 is 7.30. The van der Waals surface area contributed by atoms with Gasteiger partial charge < -0.3 is 10.1 Å². The van der Waals surface area contributed by atoms with Crippen LogP contribution in [-0.2, 0) is 6.73 Å². The number of pyridine rings is 1. The molecule has 0 radical (unpaired) electrons. The molecule has 0 atom stereocenters. The number of aromatic nitrogens is 5. The molecule has 140 valence electrons. The summed E-state index contributed by atoms with van der Waals surface area (Å²) in [6.45, 7) is 2.19. The first-order valence-corrected chi connectivity index (χ1v) is 8.68. The second-order valence-corrected chi connectivity index (χ2v) is 6.14. The third-order valence-electron chi connectivity index (χ3n) is 4.13. The van der Waals surface area contributed by atoms with E-state index in [1.807, 2.05) is 43.3 Å². The summed E-state index contributed by atoms with van der Waals surface area (Å²) >= 11 is 0. The van der Waals surface area contributed by atoms with Gasteiger partial charge in [0.25, 0.3) is 5.91 Å². The number of nitrogens with zero attached hydrogens (tertiary/aromatic N) is 4. The van der Waals surface area contributed by atoms with Gasteiger partial charge in [-0.2, -0.15) is 10.2 Å². The highest BCUT2D eigenvalue weighted by Gasteiger charge is 2.12. The highest BCUT2D eigenvalue weighted by molar-refractivity contribution is 6.02. The smallest absolute Gasteiger partial charge is 0.277 e. The van der Waals surface area contributed by atoms with Crippen molar-refractivity contribution >= 4 is 11.7 Å². The van der Waals surface area contributed by atoms with Crippen molar-refractivity contribution < 1.29 is 9.53 Å². The van der Waals surface area contributed by atoms with Crippen LogP contribution in [0.15, 0.2) is 67.1 Å². The van der Waals surface area contributed by atoms with Crippen LogP contribution in [0.4, 0.5) is 5.82 Å². The van der Waals surface area contributed by atoms with Gasteiger partial charge in [-0.05, 0) is 36.8 Å². The number of anilines is 1. The van der Waals surface area contributed by atoms with Crippen LogP contribution in [0.2, 0.25) is 0 Å². The van der Waals surface area contributed by atoms with Gasteiger partial charge in [0.05, 0.1) is 5.69 Å². The number of aromatic amines is 1. The van der Waals surface area contributed by atoms with E-state index in [0.29, 0.717) is 5.82 Å². The van der Waals surface area contributed by atoms with Crippen LogP contribution >= 0.6 is 0 Å². The molecule has 0 bridgehead atoms. The fraction of sp³-hybridized carbons (Fsp3) is 0.100. The van der Waals surface area contributed by atoms with E-state index < -0.39 is 0 Å². The van der Waals surface area contributed by atoms with E-state index in [-0.39, 0.29) is 18.3 Å². The first kappa shape index (κ1) is 17.5. The van der Waals surface area contributed by atoms with Gasteiger partial charge in [-0.1, -0.05) is 18.2 Å². The Labute approximate surface area is 161 Å². The number of ether oxygens (including phenoxy) is 1. The number of rotatable bonds is 6. The van der Waals surface area contributed by atoms with E-state index in [4.69, 9.17) is 4.74 Å². The Morgan fingerprint density at radius 1 is 1.18 bits per heavy atom. The van der Waals surface area contributed by atoms with Gasteiger partial charge in [-0.3, -0.25) is 14.9 Å². The molecule has 8 nitrogen and oxygen atoms in total.